The molecule has 7 nitrogen and oxygen atoms in total. The zero-order chi connectivity index (χ0) is 19.5. The van der Waals surface area contributed by atoms with Crippen molar-refractivity contribution < 1.29 is 27.2 Å². The first-order valence-corrected chi connectivity index (χ1v) is 11.8. The van der Waals surface area contributed by atoms with Crippen LogP contribution in [0, 0.1) is 11.8 Å². The predicted molar refractivity (Wildman–Crippen MR) is 101 cm³/mol. The van der Waals surface area contributed by atoms with Gasteiger partial charge in [0.1, 0.15) is 0 Å². The van der Waals surface area contributed by atoms with Gasteiger partial charge < -0.3 is 18.1 Å². The molecule has 0 aromatic carbocycles. The second-order valence-electron chi connectivity index (χ2n) is 4.98. The molecule has 146 valence electrons. The lowest BCUT2D eigenvalue weighted by atomic mass is 10.3. The Morgan fingerprint density at radius 1 is 0.962 bits per heavy atom. The van der Waals surface area contributed by atoms with E-state index in [0.717, 1.165) is 0 Å². The summed E-state index contributed by atoms with van der Waals surface area (Å²) < 4.78 is 48.2. The third-order valence-electron chi connectivity index (χ3n) is 3.15. The summed E-state index contributed by atoms with van der Waals surface area (Å²) in [6, 6.07) is 3.56. The summed E-state index contributed by atoms with van der Waals surface area (Å²) in [7, 11) is -7.53. The van der Waals surface area contributed by atoms with Gasteiger partial charge in [-0.05, 0) is 39.8 Å². The predicted octanol–water partition coefficient (Wildman–Crippen LogP) is 4.68. The van der Waals surface area contributed by atoms with Crippen molar-refractivity contribution in [1.82, 2.24) is 4.98 Å². The molecular formula is C17H27NO6P2. The van der Waals surface area contributed by atoms with Crippen molar-refractivity contribution in [2.24, 2.45) is 0 Å². The fraction of sp³-hybridized carbons (Fsp3) is 0.588. The average Bonchev–Trinajstić information content (AvgIpc) is 2.60. The highest BCUT2D eigenvalue weighted by molar-refractivity contribution is 7.72. The second-order valence-corrected chi connectivity index (χ2v) is 9.83. The Labute approximate surface area is 155 Å². The fourth-order valence-electron chi connectivity index (χ4n) is 2.22. The lowest BCUT2D eigenvalue weighted by Gasteiger charge is -2.30. The molecule has 0 spiro atoms. The lowest BCUT2D eigenvalue weighted by molar-refractivity contribution is 0.195. The Balaban J connectivity index is 3.25. The van der Waals surface area contributed by atoms with E-state index in [1.165, 1.54) is 0 Å². The SMILES string of the molecule is CCOP(=O)(OCC)C(CC#Cc1cccnc1)P(=O)(OCC)OCC. The first-order valence-electron chi connectivity index (χ1n) is 8.62. The van der Waals surface area contributed by atoms with Gasteiger partial charge in [-0.25, -0.2) is 0 Å². The summed E-state index contributed by atoms with van der Waals surface area (Å²) in [5.74, 6) is 5.80. The summed E-state index contributed by atoms with van der Waals surface area (Å²) in [5, 5.41) is -1.13. The molecule has 0 aliphatic rings. The van der Waals surface area contributed by atoms with E-state index in [1.54, 1.807) is 52.2 Å². The van der Waals surface area contributed by atoms with E-state index < -0.39 is 20.6 Å². The minimum absolute atomic E-state index is 0.0244. The molecule has 0 saturated heterocycles. The van der Waals surface area contributed by atoms with E-state index >= 15 is 0 Å². The van der Waals surface area contributed by atoms with Crippen LogP contribution in [-0.2, 0) is 27.2 Å². The third kappa shape index (κ3) is 6.63. The van der Waals surface area contributed by atoms with Crippen LogP contribution >= 0.6 is 15.2 Å². The van der Waals surface area contributed by atoms with E-state index in [-0.39, 0.29) is 32.8 Å². The van der Waals surface area contributed by atoms with Crippen LogP contribution in [0.5, 0.6) is 0 Å². The average molecular weight is 403 g/mol. The molecule has 0 unspecified atom stereocenters. The minimum atomic E-state index is -3.76. The third-order valence-corrected chi connectivity index (χ3v) is 9.14. The van der Waals surface area contributed by atoms with Crippen molar-refractivity contribution in [2.45, 2.75) is 39.5 Å². The van der Waals surface area contributed by atoms with Crippen LogP contribution in [-0.4, -0.2) is 36.8 Å². The topological polar surface area (TPSA) is 84.0 Å². The summed E-state index contributed by atoms with van der Waals surface area (Å²) in [4.78, 5) is 3.99. The van der Waals surface area contributed by atoms with Crippen LogP contribution in [0.3, 0.4) is 0 Å². The van der Waals surface area contributed by atoms with Gasteiger partial charge >= 0.3 is 15.2 Å². The highest BCUT2D eigenvalue weighted by Crippen LogP contribution is 2.71. The standard InChI is InChI=1S/C17H27NO6P2/c1-5-21-25(19,22-6-2)17(26(20,23-7-3)24-8-4)13-9-11-16-12-10-14-18-15-16/h10,12,14-15,17H,5-8,13H2,1-4H3. The largest absolute Gasteiger partial charge is 0.346 e. The van der Waals surface area contributed by atoms with Crippen molar-refractivity contribution in [2.75, 3.05) is 26.4 Å². The van der Waals surface area contributed by atoms with Gasteiger partial charge in [-0.2, -0.15) is 0 Å². The van der Waals surface area contributed by atoms with E-state index in [2.05, 4.69) is 16.8 Å². The van der Waals surface area contributed by atoms with Crippen LogP contribution < -0.4 is 0 Å². The number of aromatic nitrogens is 1. The van der Waals surface area contributed by atoms with Crippen LogP contribution in [0.15, 0.2) is 24.5 Å². The van der Waals surface area contributed by atoms with Crippen molar-refractivity contribution in [1.29, 1.82) is 0 Å². The molecule has 0 N–H and O–H groups in total. The van der Waals surface area contributed by atoms with Crippen LogP contribution in [0.2, 0.25) is 0 Å². The Morgan fingerprint density at radius 2 is 1.46 bits per heavy atom. The molecule has 1 aromatic heterocycles. The number of nitrogens with zero attached hydrogens (tertiary/aromatic N) is 1. The monoisotopic (exact) mass is 403 g/mol. The fourth-order valence-corrected chi connectivity index (χ4v) is 7.31. The summed E-state index contributed by atoms with van der Waals surface area (Å²) in [6.45, 7) is 7.33. The molecule has 0 aliphatic carbocycles. The van der Waals surface area contributed by atoms with Crippen molar-refractivity contribution >= 4 is 15.2 Å². The van der Waals surface area contributed by atoms with E-state index in [4.69, 9.17) is 18.1 Å². The van der Waals surface area contributed by atoms with Crippen molar-refractivity contribution in [3.8, 4) is 11.8 Å². The normalized spacial score (nSPS) is 12.0. The van der Waals surface area contributed by atoms with Crippen molar-refractivity contribution in [3.05, 3.63) is 30.1 Å². The highest BCUT2D eigenvalue weighted by atomic mass is 31.2. The quantitative estimate of drug-likeness (QED) is 0.392. The summed E-state index contributed by atoms with van der Waals surface area (Å²) >= 11 is 0. The molecule has 0 amide bonds. The zero-order valence-corrected chi connectivity index (χ0v) is 17.5. The van der Waals surface area contributed by atoms with Gasteiger partial charge in [0, 0.05) is 24.4 Å². The van der Waals surface area contributed by atoms with Gasteiger partial charge in [-0.1, -0.05) is 11.8 Å². The molecule has 0 fully saturated rings. The smallest absolute Gasteiger partial charge is 0.308 e. The zero-order valence-electron chi connectivity index (χ0n) is 15.7. The van der Waals surface area contributed by atoms with E-state index in [0.29, 0.717) is 5.56 Å². The molecule has 0 atom stereocenters. The summed E-state index contributed by atoms with van der Waals surface area (Å²) in [5.41, 5.74) is 0.691. The molecule has 0 aliphatic heterocycles. The molecule has 0 radical (unpaired) electrons. The van der Waals surface area contributed by atoms with Crippen LogP contribution in [0.25, 0.3) is 0 Å². The van der Waals surface area contributed by atoms with Crippen LogP contribution in [0.4, 0.5) is 0 Å². The molecule has 1 aromatic rings. The molecule has 9 heteroatoms. The van der Waals surface area contributed by atoms with Gasteiger partial charge in [-0.3, -0.25) is 14.1 Å². The van der Waals surface area contributed by atoms with Gasteiger partial charge in [-0.15, -0.1) is 0 Å². The Hall–Kier alpha value is -0.990. The van der Waals surface area contributed by atoms with Crippen LogP contribution in [0.1, 0.15) is 39.7 Å². The maximum Gasteiger partial charge on any atom is 0.346 e. The summed E-state index contributed by atoms with van der Waals surface area (Å²) in [6.07, 6.45) is 3.23. The van der Waals surface area contributed by atoms with Gasteiger partial charge in [0.15, 0.2) is 5.40 Å². The lowest BCUT2D eigenvalue weighted by Crippen LogP contribution is -2.17. The molecule has 0 saturated carbocycles. The van der Waals surface area contributed by atoms with E-state index in [1.807, 2.05) is 0 Å². The van der Waals surface area contributed by atoms with Gasteiger partial charge in [0.2, 0.25) is 0 Å². The number of hydrogen-bond acceptors (Lipinski definition) is 7. The Morgan fingerprint density at radius 3 is 1.85 bits per heavy atom. The molecule has 26 heavy (non-hydrogen) atoms. The first-order chi connectivity index (χ1) is 12.5. The molecule has 1 rings (SSSR count). The number of rotatable bonds is 11. The highest BCUT2D eigenvalue weighted by Gasteiger charge is 2.50. The molecular weight excluding hydrogens is 376 g/mol. The maximum absolute atomic E-state index is 13.3. The Kier molecular flexibility index (Phi) is 10.3. The van der Waals surface area contributed by atoms with Gasteiger partial charge in [0.25, 0.3) is 0 Å². The minimum Gasteiger partial charge on any atom is -0.308 e. The Bertz CT molecular complexity index is 635. The molecule has 1 heterocycles. The van der Waals surface area contributed by atoms with Crippen molar-refractivity contribution in [3.63, 3.8) is 0 Å². The number of pyridine rings is 1. The first kappa shape index (κ1) is 23.0. The number of hydrogen-bond donors (Lipinski definition) is 0. The van der Waals surface area contributed by atoms with E-state index in [9.17, 15) is 9.13 Å². The second kappa shape index (κ2) is 11.7. The van der Waals surface area contributed by atoms with Gasteiger partial charge in [0.05, 0.1) is 26.4 Å². The maximum atomic E-state index is 13.3. The molecule has 0 bridgehead atoms.